The monoisotopic (exact) mass is 369 g/mol. The van der Waals surface area contributed by atoms with Gasteiger partial charge in [0.15, 0.2) is 0 Å². The van der Waals surface area contributed by atoms with Gasteiger partial charge in [-0.15, -0.1) is 0 Å². The summed E-state index contributed by atoms with van der Waals surface area (Å²) in [5, 5.41) is 17.3. The van der Waals surface area contributed by atoms with Crippen molar-refractivity contribution < 1.29 is 14.5 Å². The lowest BCUT2D eigenvalue weighted by Crippen LogP contribution is -2.16. The highest BCUT2D eigenvalue weighted by Crippen LogP contribution is 2.29. The molecule has 0 spiro atoms. The van der Waals surface area contributed by atoms with Crippen molar-refractivity contribution in [3.05, 3.63) is 63.2 Å². The molecule has 142 valence electrons. The topological polar surface area (TPSA) is 93.5 Å². The smallest absolute Gasteiger partial charge is 0.293 e. The van der Waals surface area contributed by atoms with Crippen molar-refractivity contribution in [1.82, 2.24) is 0 Å². The summed E-state index contributed by atoms with van der Waals surface area (Å²) in [5.41, 5.74) is 3.72. The fourth-order valence-electron chi connectivity index (χ4n) is 3.35. The fourth-order valence-corrected chi connectivity index (χ4v) is 3.35. The Hall–Kier alpha value is -2.93. The van der Waals surface area contributed by atoms with Gasteiger partial charge in [-0.3, -0.25) is 14.9 Å². The second-order valence-corrected chi connectivity index (χ2v) is 6.51. The molecule has 2 aromatic rings. The number of nitrogens with zero attached hydrogens (tertiary/aromatic N) is 1. The van der Waals surface area contributed by atoms with E-state index in [4.69, 9.17) is 4.74 Å². The maximum atomic E-state index is 12.7. The van der Waals surface area contributed by atoms with E-state index in [0.717, 1.165) is 31.4 Å². The number of carbonyl (C=O) groups excluding carboxylic acids is 1. The third-order valence-electron chi connectivity index (χ3n) is 4.72. The maximum Gasteiger partial charge on any atom is 0.293 e. The molecule has 0 fully saturated rings. The van der Waals surface area contributed by atoms with E-state index < -0.39 is 4.92 Å². The van der Waals surface area contributed by atoms with E-state index in [2.05, 4.69) is 16.7 Å². The molecule has 1 aliphatic carbocycles. The van der Waals surface area contributed by atoms with E-state index in [-0.39, 0.29) is 17.2 Å². The minimum absolute atomic E-state index is 0.131. The van der Waals surface area contributed by atoms with Crippen LogP contribution < -0.4 is 10.6 Å². The molecule has 0 heterocycles. The summed E-state index contributed by atoms with van der Waals surface area (Å²) in [5.74, 6) is -0.347. The molecule has 7 nitrogen and oxygen atoms in total. The average molecular weight is 369 g/mol. The van der Waals surface area contributed by atoms with Gasteiger partial charge in [0.05, 0.1) is 11.5 Å². The number of carbonyl (C=O) groups is 1. The Morgan fingerprint density at radius 1 is 1.19 bits per heavy atom. The zero-order valence-corrected chi connectivity index (χ0v) is 15.3. The highest BCUT2D eigenvalue weighted by molar-refractivity contribution is 6.05. The number of nitro benzene ring substituents is 1. The Morgan fingerprint density at radius 2 is 2.00 bits per heavy atom. The van der Waals surface area contributed by atoms with Crippen molar-refractivity contribution in [2.45, 2.75) is 25.7 Å². The van der Waals surface area contributed by atoms with Crippen LogP contribution in [0.15, 0.2) is 36.4 Å². The number of rotatable bonds is 7. The van der Waals surface area contributed by atoms with Crippen LogP contribution in [0.2, 0.25) is 0 Å². The van der Waals surface area contributed by atoms with Crippen LogP contribution >= 0.6 is 0 Å². The zero-order valence-electron chi connectivity index (χ0n) is 15.3. The van der Waals surface area contributed by atoms with Gasteiger partial charge in [0.1, 0.15) is 5.69 Å². The van der Waals surface area contributed by atoms with Crippen LogP contribution in [-0.4, -0.2) is 31.1 Å². The molecule has 0 atom stereocenters. The van der Waals surface area contributed by atoms with Crippen LogP contribution in [0.1, 0.15) is 34.3 Å². The largest absolute Gasteiger partial charge is 0.383 e. The Morgan fingerprint density at radius 3 is 2.78 bits per heavy atom. The zero-order chi connectivity index (χ0) is 19.2. The third kappa shape index (κ3) is 4.43. The van der Waals surface area contributed by atoms with Gasteiger partial charge in [-0.05, 0) is 55.0 Å². The number of ether oxygens (including phenoxy) is 1. The van der Waals surface area contributed by atoms with Crippen molar-refractivity contribution in [2.24, 2.45) is 0 Å². The molecule has 7 heteroatoms. The lowest BCUT2D eigenvalue weighted by molar-refractivity contribution is -0.384. The standard InChI is InChI=1S/C20H23N3O4/c1-27-12-11-21-18-10-9-15(13-19(18)23(25)26)20(24)22-17-8-4-6-14-5-2-3-7-16(14)17/h4,6,8-10,13,21H,2-3,5,7,11-12H2,1H3,(H,22,24). The molecule has 3 rings (SSSR count). The molecule has 0 bridgehead atoms. The van der Waals surface area contributed by atoms with Crippen molar-refractivity contribution in [3.8, 4) is 0 Å². The summed E-state index contributed by atoms with van der Waals surface area (Å²) in [6.07, 6.45) is 4.22. The van der Waals surface area contributed by atoms with Gasteiger partial charge < -0.3 is 15.4 Å². The summed E-state index contributed by atoms with van der Waals surface area (Å²) < 4.78 is 4.94. The number of methoxy groups -OCH3 is 1. The summed E-state index contributed by atoms with van der Waals surface area (Å²) >= 11 is 0. The molecule has 2 N–H and O–H groups in total. The molecular weight excluding hydrogens is 346 g/mol. The quantitative estimate of drug-likeness (QED) is 0.440. The lowest BCUT2D eigenvalue weighted by Gasteiger charge is -2.19. The highest BCUT2D eigenvalue weighted by Gasteiger charge is 2.19. The number of nitro groups is 1. The maximum absolute atomic E-state index is 12.7. The van der Waals surface area contributed by atoms with Crippen molar-refractivity contribution in [2.75, 3.05) is 30.9 Å². The number of aryl methyl sites for hydroxylation is 1. The average Bonchev–Trinajstić information content (AvgIpc) is 2.68. The molecule has 2 aromatic carbocycles. The first-order valence-electron chi connectivity index (χ1n) is 9.03. The molecule has 0 aromatic heterocycles. The molecule has 1 aliphatic rings. The first kappa shape index (κ1) is 18.8. The van der Waals surface area contributed by atoms with Crippen molar-refractivity contribution >= 4 is 23.0 Å². The molecule has 0 aliphatic heterocycles. The number of nitrogens with one attached hydrogen (secondary N) is 2. The van der Waals surface area contributed by atoms with Crippen LogP contribution in [0.5, 0.6) is 0 Å². The molecule has 1 amide bonds. The predicted octanol–water partition coefficient (Wildman–Crippen LogP) is 3.78. The molecule has 0 unspecified atom stereocenters. The van der Waals surface area contributed by atoms with Gasteiger partial charge >= 0.3 is 0 Å². The summed E-state index contributed by atoms with van der Waals surface area (Å²) in [4.78, 5) is 23.6. The summed E-state index contributed by atoms with van der Waals surface area (Å²) in [6.45, 7) is 0.873. The van der Waals surface area contributed by atoms with Gasteiger partial charge in [0.25, 0.3) is 11.6 Å². The fraction of sp³-hybridized carbons (Fsp3) is 0.350. The SMILES string of the molecule is COCCNc1ccc(C(=O)Nc2cccc3c2CCCC3)cc1[N+](=O)[O-]. The number of benzene rings is 2. The Bertz CT molecular complexity index is 851. The van der Waals surface area contributed by atoms with E-state index in [0.29, 0.717) is 18.8 Å². The van der Waals surface area contributed by atoms with Crippen LogP contribution in [0.4, 0.5) is 17.1 Å². The highest BCUT2D eigenvalue weighted by atomic mass is 16.6. The van der Waals surface area contributed by atoms with E-state index in [1.165, 1.54) is 17.2 Å². The molecule has 27 heavy (non-hydrogen) atoms. The number of amides is 1. The van der Waals surface area contributed by atoms with Crippen LogP contribution in [0.3, 0.4) is 0 Å². The Labute approximate surface area is 157 Å². The molecule has 0 radical (unpaired) electrons. The summed E-state index contributed by atoms with van der Waals surface area (Å²) in [6, 6.07) is 10.4. The minimum atomic E-state index is -0.490. The van der Waals surface area contributed by atoms with Gasteiger partial charge in [-0.2, -0.15) is 0 Å². The van der Waals surface area contributed by atoms with Gasteiger partial charge in [0, 0.05) is 31.0 Å². The molecule has 0 saturated carbocycles. The van der Waals surface area contributed by atoms with E-state index in [1.54, 1.807) is 19.2 Å². The number of anilines is 2. The normalized spacial score (nSPS) is 12.9. The lowest BCUT2D eigenvalue weighted by atomic mass is 9.90. The second kappa shape index (κ2) is 8.64. The van der Waals surface area contributed by atoms with Crippen molar-refractivity contribution in [1.29, 1.82) is 0 Å². The Kier molecular flexibility index (Phi) is 6.03. The van der Waals surface area contributed by atoms with Gasteiger partial charge in [-0.1, -0.05) is 12.1 Å². The predicted molar refractivity (Wildman–Crippen MR) is 104 cm³/mol. The van der Waals surface area contributed by atoms with Gasteiger partial charge in [-0.25, -0.2) is 0 Å². The van der Waals surface area contributed by atoms with Crippen molar-refractivity contribution in [3.63, 3.8) is 0 Å². The third-order valence-corrected chi connectivity index (χ3v) is 4.72. The molecule has 0 saturated heterocycles. The minimum Gasteiger partial charge on any atom is -0.383 e. The van der Waals surface area contributed by atoms with E-state index >= 15 is 0 Å². The number of fused-ring (bicyclic) bond motifs is 1. The van der Waals surface area contributed by atoms with Crippen LogP contribution in [0, 0.1) is 10.1 Å². The second-order valence-electron chi connectivity index (χ2n) is 6.51. The van der Waals surface area contributed by atoms with E-state index in [9.17, 15) is 14.9 Å². The van der Waals surface area contributed by atoms with Gasteiger partial charge in [0.2, 0.25) is 0 Å². The first-order chi connectivity index (χ1) is 13.1. The van der Waals surface area contributed by atoms with Crippen LogP contribution in [-0.2, 0) is 17.6 Å². The molecular formula is C20H23N3O4. The number of hydrogen-bond donors (Lipinski definition) is 2. The Balaban J connectivity index is 1.81. The number of hydrogen-bond acceptors (Lipinski definition) is 5. The van der Waals surface area contributed by atoms with Crippen LogP contribution in [0.25, 0.3) is 0 Å². The first-order valence-corrected chi connectivity index (χ1v) is 9.03. The summed E-state index contributed by atoms with van der Waals surface area (Å²) in [7, 11) is 1.56. The van der Waals surface area contributed by atoms with E-state index in [1.807, 2.05) is 12.1 Å².